The second-order valence-corrected chi connectivity index (χ2v) is 7.76. The van der Waals surface area contributed by atoms with Crippen molar-refractivity contribution in [2.45, 2.75) is 23.3 Å². The molecule has 0 saturated carbocycles. The van der Waals surface area contributed by atoms with E-state index in [2.05, 4.69) is 17.2 Å². The summed E-state index contributed by atoms with van der Waals surface area (Å²) in [4.78, 5) is 13.6. The molecule has 148 valence electrons. The molecule has 6 heteroatoms. The van der Waals surface area contributed by atoms with Gasteiger partial charge in [0.25, 0.3) is 0 Å². The minimum Gasteiger partial charge on any atom is -0.381 e. The summed E-state index contributed by atoms with van der Waals surface area (Å²) in [5.41, 5.74) is 1.39. The molecule has 2 aromatic carbocycles. The monoisotopic (exact) mass is 400 g/mol. The van der Waals surface area contributed by atoms with E-state index in [9.17, 15) is 9.18 Å². The van der Waals surface area contributed by atoms with Crippen molar-refractivity contribution in [3.63, 3.8) is 0 Å². The van der Waals surface area contributed by atoms with Gasteiger partial charge in [-0.3, -0.25) is 10.1 Å². The van der Waals surface area contributed by atoms with Gasteiger partial charge in [-0.25, -0.2) is 4.39 Å². The lowest BCUT2D eigenvalue weighted by atomic mass is 9.82. The SMILES string of the molecule is C=CCSc1ccccc1NC(=O)CNC1(c2ccc(F)cc2)CCOCC1. The Hall–Kier alpha value is -2.15. The normalized spacial score (nSPS) is 15.8. The summed E-state index contributed by atoms with van der Waals surface area (Å²) < 4.78 is 18.8. The molecular weight excluding hydrogens is 375 g/mol. The Morgan fingerprint density at radius 3 is 2.61 bits per heavy atom. The van der Waals surface area contributed by atoms with Gasteiger partial charge in [0, 0.05) is 29.4 Å². The lowest BCUT2D eigenvalue weighted by Gasteiger charge is -2.38. The van der Waals surface area contributed by atoms with Crippen LogP contribution in [-0.4, -0.2) is 31.4 Å². The van der Waals surface area contributed by atoms with Crippen molar-refractivity contribution >= 4 is 23.4 Å². The predicted molar refractivity (Wildman–Crippen MR) is 112 cm³/mol. The highest BCUT2D eigenvalue weighted by Crippen LogP contribution is 2.32. The third kappa shape index (κ3) is 5.22. The van der Waals surface area contributed by atoms with Gasteiger partial charge in [0.2, 0.25) is 5.91 Å². The van der Waals surface area contributed by atoms with Gasteiger partial charge >= 0.3 is 0 Å². The number of benzene rings is 2. The number of hydrogen-bond acceptors (Lipinski definition) is 4. The zero-order valence-electron chi connectivity index (χ0n) is 15.7. The van der Waals surface area contributed by atoms with E-state index >= 15 is 0 Å². The number of rotatable bonds is 8. The van der Waals surface area contributed by atoms with Gasteiger partial charge in [0.1, 0.15) is 5.82 Å². The van der Waals surface area contributed by atoms with Crippen molar-refractivity contribution in [3.05, 3.63) is 72.6 Å². The molecule has 2 aromatic rings. The topological polar surface area (TPSA) is 50.4 Å². The lowest BCUT2D eigenvalue weighted by molar-refractivity contribution is -0.116. The third-order valence-electron chi connectivity index (χ3n) is 4.85. The molecule has 1 amide bonds. The van der Waals surface area contributed by atoms with E-state index in [1.165, 1.54) is 12.1 Å². The first-order valence-corrected chi connectivity index (χ1v) is 10.3. The summed E-state index contributed by atoms with van der Waals surface area (Å²) >= 11 is 1.63. The van der Waals surface area contributed by atoms with E-state index in [-0.39, 0.29) is 23.8 Å². The number of anilines is 1. The first-order valence-electron chi connectivity index (χ1n) is 9.34. The molecule has 0 aromatic heterocycles. The van der Waals surface area contributed by atoms with Crippen LogP contribution in [0.15, 0.2) is 66.1 Å². The number of nitrogens with one attached hydrogen (secondary N) is 2. The Morgan fingerprint density at radius 2 is 1.89 bits per heavy atom. The van der Waals surface area contributed by atoms with Crippen LogP contribution in [0, 0.1) is 5.82 Å². The van der Waals surface area contributed by atoms with E-state index in [0.29, 0.717) is 13.2 Å². The summed E-state index contributed by atoms with van der Waals surface area (Å²) in [5.74, 6) is 0.399. The third-order valence-corrected chi connectivity index (χ3v) is 5.92. The van der Waals surface area contributed by atoms with Gasteiger partial charge in [-0.2, -0.15) is 0 Å². The molecule has 0 unspecified atom stereocenters. The van der Waals surface area contributed by atoms with E-state index in [0.717, 1.165) is 34.7 Å². The first-order chi connectivity index (χ1) is 13.6. The molecule has 2 N–H and O–H groups in total. The van der Waals surface area contributed by atoms with Crippen LogP contribution in [0.2, 0.25) is 0 Å². The summed E-state index contributed by atoms with van der Waals surface area (Å²) in [6, 6.07) is 14.2. The smallest absolute Gasteiger partial charge is 0.238 e. The van der Waals surface area contributed by atoms with Gasteiger partial charge in [-0.15, -0.1) is 18.3 Å². The summed E-state index contributed by atoms with van der Waals surface area (Å²) in [6.07, 6.45) is 3.30. The highest BCUT2D eigenvalue weighted by molar-refractivity contribution is 7.99. The summed E-state index contributed by atoms with van der Waals surface area (Å²) in [7, 11) is 0. The van der Waals surface area contributed by atoms with Crippen molar-refractivity contribution in [2.24, 2.45) is 0 Å². The molecule has 0 radical (unpaired) electrons. The fourth-order valence-corrected chi connectivity index (χ4v) is 4.09. The fourth-order valence-electron chi connectivity index (χ4n) is 3.34. The van der Waals surface area contributed by atoms with Crippen LogP contribution in [0.25, 0.3) is 0 Å². The van der Waals surface area contributed by atoms with Gasteiger partial charge < -0.3 is 10.1 Å². The molecule has 0 atom stereocenters. The van der Waals surface area contributed by atoms with Crippen molar-refractivity contribution in [1.82, 2.24) is 5.32 Å². The average Bonchev–Trinajstić information content (AvgIpc) is 2.73. The van der Waals surface area contributed by atoms with Gasteiger partial charge in [-0.05, 0) is 42.7 Å². The number of amides is 1. The van der Waals surface area contributed by atoms with Crippen molar-refractivity contribution in [3.8, 4) is 0 Å². The number of ether oxygens (including phenoxy) is 1. The first kappa shape index (κ1) is 20.6. The number of halogens is 1. The molecule has 0 bridgehead atoms. The molecule has 28 heavy (non-hydrogen) atoms. The van der Waals surface area contributed by atoms with Crippen LogP contribution in [-0.2, 0) is 15.1 Å². The molecule has 1 saturated heterocycles. The van der Waals surface area contributed by atoms with Crippen molar-refractivity contribution in [2.75, 3.05) is 30.8 Å². The summed E-state index contributed by atoms with van der Waals surface area (Å²) in [5, 5.41) is 6.41. The number of carbonyl (C=O) groups is 1. The maximum absolute atomic E-state index is 13.3. The number of para-hydroxylation sites is 1. The molecule has 0 aliphatic carbocycles. The second-order valence-electron chi connectivity index (χ2n) is 6.70. The standard InChI is InChI=1S/C22H25FN2O2S/c1-2-15-28-20-6-4-3-5-19(20)25-21(26)16-24-22(11-13-27-14-12-22)17-7-9-18(23)10-8-17/h2-10,24H,1,11-16H2,(H,25,26). The summed E-state index contributed by atoms with van der Waals surface area (Å²) in [6.45, 7) is 5.11. The van der Waals surface area contributed by atoms with E-state index in [4.69, 9.17) is 4.74 Å². The molecule has 4 nitrogen and oxygen atoms in total. The average molecular weight is 401 g/mol. The van der Waals surface area contributed by atoms with Crippen molar-refractivity contribution in [1.29, 1.82) is 0 Å². The quantitative estimate of drug-likeness (QED) is 0.511. The number of carbonyl (C=O) groups excluding carboxylic acids is 1. The molecule has 0 spiro atoms. The number of hydrogen-bond donors (Lipinski definition) is 2. The van der Waals surface area contributed by atoms with Gasteiger partial charge in [0.05, 0.1) is 12.2 Å². The fraction of sp³-hybridized carbons (Fsp3) is 0.318. The van der Waals surface area contributed by atoms with Gasteiger partial charge in [0.15, 0.2) is 0 Å². The predicted octanol–water partition coefficient (Wildman–Crippen LogP) is 4.34. The zero-order chi connectivity index (χ0) is 19.8. The Morgan fingerprint density at radius 1 is 1.18 bits per heavy atom. The van der Waals surface area contributed by atoms with Gasteiger partial charge in [-0.1, -0.05) is 30.3 Å². The van der Waals surface area contributed by atoms with E-state index in [1.807, 2.05) is 30.3 Å². The number of thioether (sulfide) groups is 1. The van der Waals surface area contributed by atoms with Crippen LogP contribution in [0.4, 0.5) is 10.1 Å². The van der Waals surface area contributed by atoms with Crippen molar-refractivity contribution < 1.29 is 13.9 Å². The highest BCUT2D eigenvalue weighted by Gasteiger charge is 2.34. The molecule has 1 fully saturated rings. The largest absolute Gasteiger partial charge is 0.381 e. The van der Waals surface area contributed by atoms with E-state index in [1.54, 1.807) is 23.9 Å². The maximum atomic E-state index is 13.3. The molecule has 1 aliphatic heterocycles. The Labute approximate surface area is 169 Å². The lowest BCUT2D eigenvalue weighted by Crippen LogP contribution is -2.49. The maximum Gasteiger partial charge on any atom is 0.238 e. The highest BCUT2D eigenvalue weighted by atomic mass is 32.2. The van der Waals surface area contributed by atoms with Crippen LogP contribution >= 0.6 is 11.8 Å². The minimum atomic E-state index is -0.388. The molecule has 3 rings (SSSR count). The second kappa shape index (κ2) is 9.87. The van der Waals surface area contributed by atoms with E-state index < -0.39 is 0 Å². The van der Waals surface area contributed by atoms with Crippen LogP contribution in [0.5, 0.6) is 0 Å². The minimum absolute atomic E-state index is 0.111. The van der Waals surface area contributed by atoms with Crippen LogP contribution in [0.3, 0.4) is 0 Å². The molecule has 1 heterocycles. The Kier molecular flexibility index (Phi) is 7.25. The zero-order valence-corrected chi connectivity index (χ0v) is 16.6. The van der Waals surface area contributed by atoms with Crippen LogP contribution in [0.1, 0.15) is 18.4 Å². The van der Waals surface area contributed by atoms with Crippen LogP contribution < -0.4 is 10.6 Å². The molecule has 1 aliphatic rings. The Bertz CT molecular complexity index is 804. The molecular formula is C22H25FN2O2S. The Balaban J connectivity index is 1.68.